The highest BCUT2D eigenvalue weighted by Gasteiger charge is 2.45. The summed E-state index contributed by atoms with van der Waals surface area (Å²) in [6, 6.07) is 2.44. The molecule has 0 N–H and O–H groups in total. The van der Waals surface area contributed by atoms with E-state index in [1.165, 1.54) is 25.7 Å². The molecule has 1 aliphatic rings. The normalized spacial score (nSPS) is 29.1. The van der Waals surface area contributed by atoms with Gasteiger partial charge in [-0.15, -0.1) is 0 Å². The first-order chi connectivity index (χ1) is 9.47. The largest absolute Gasteiger partial charge is 0.347 e. The Kier molecular flexibility index (Phi) is 6.99. The summed E-state index contributed by atoms with van der Waals surface area (Å²) in [5.41, 5.74) is -0.646. The molecule has 0 radical (unpaired) electrons. The third-order valence-electron chi connectivity index (χ3n) is 3.97. The molecule has 0 aromatic heterocycles. The van der Waals surface area contributed by atoms with Gasteiger partial charge in [-0.25, -0.2) is 0 Å². The summed E-state index contributed by atoms with van der Waals surface area (Å²) in [4.78, 5) is 0. The van der Waals surface area contributed by atoms with E-state index in [0.29, 0.717) is 0 Å². The molecule has 20 heavy (non-hydrogen) atoms. The second-order valence-corrected chi connectivity index (χ2v) is 6.50. The number of nitrogens with zero attached hydrogens (tertiary/aromatic N) is 1. The Labute approximate surface area is 124 Å². The molecule has 1 rings (SSSR count). The topological polar surface area (TPSA) is 42.2 Å². The van der Waals surface area contributed by atoms with E-state index in [-0.39, 0.29) is 6.10 Å². The predicted octanol–water partition coefficient (Wildman–Crippen LogP) is 4.95. The van der Waals surface area contributed by atoms with Crippen molar-refractivity contribution in [3.63, 3.8) is 0 Å². The van der Waals surface area contributed by atoms with Crippen LogP contribution in [-0.2, 0) is 9.47 Å². The number of rotatable bonds is 8. The Bertz CT molecular complexity index is 321. The lowest BCUT2D eigenvalue weighted by atomic mass is 9.88. The Morgan fingerprint density at radius 2 is 1.80 bits per heavy atom. The highest BCUT2D eigenvalue weighted by atomic mass is 16.7. The van der Waals surface area contributed by atoms with Crippen LogP contribution < -0.4 is 0 Å². The molecule has 1 fully saturated rings. The summed E-state index contributed by atoms with van der Waals surface area (Å²) in [5.74, 6) is -0.642. The molecule has 0 aromatic carbocycles. The summed E-state index contributed by atoms with van der Waals surface area (Å²) >= 11 is 0. The summed E-state index contributed by atoms with van der Waals surface area (Å²) in [6.45, 7) is 8.24. The van der Waals surface area contributed by atoms with Gasteiger partial charge in [0.25, 0.3) is 0 Å². The SMILES string of the molecule is CCCCCC[C@H]1C[C@@](C#N)(CCCC)OC(C)(C)O1. The van der Waals surface area contributed by atoms with Gasteiger partial charge in [-0.2, -0.15) is 5.26 Å². The van der Waals surface area contributed by atoms with Crippen molar-refractivity contribution in [3.8, 4) is 6.07 Å². The van der Waals surface area contributed by atoms with E-state index >= 15 is 0 Å². The molecular weight excluding hydrogens is 250 g/mol. The fourth-order valence-corrected chi connectivity index (χ4v) is 3.05. The first-order valence-corrected chi connectivity index (χ1v) is 8.26. The number of hydrogen-bond donors (Lipinski definition) is 0. The van der Waals surface area contributed by atoms with Gasteiger partial charge in [-0.3, -0.25) is 0 Å². The number of ether oxygens (including phenoxy) is 2. The Hall–Kier alpha value is -0.590. The zero-order valence-corrected chi connectivity index (χ0v) is 13.7. The third-order valence-corrected chi connectivity index (χ3v) is 3.97. The molecule has 3 heteroatoms. The highest BCUT2D eigenvalue weighted by Crippen LogP contribution is 2.38. The monoisotopic (exact) mass is 281 g/mol. The minimum atomic E-state index is -0.646. The maximum atomic E-state index is 9.60. The van der Waals surface area contributed by atoms with Crippen LogP contribution in [0.5, 0.6) is 0 Å². The highest BCUT2D eigenvalue weighted by molar-refractivity contribution is 5.06. The minimum Gasteiger partial charge on any atom is -0.347 e. The van der Waals surface area contributed by atoms with E-state index in [0.717, 1.165) is 32.1 Å². The predicted molar refractivity (Wildman–Crippen MR) is 81.3 cm³/mol. The maximum Gasteiger partial charge on any atom is 0.165 e. The fraction of sp³-hybridized carbons (Fsp3) is 0.941. The van der Waals surface area contributed by atoms with E-state index in [4.69, 9.17) is 9.47 Å². The van der Waals surface area contributed by atoms with E-state index in [9.17, 15) is 5.26 Å². The van der Waals surface area contributed by atoms with Gasteiger partial charge in [-0.1, -0.05) is 46.0 Å². The van der Waals surface area contributed by atoms with Crippen LogP contribution in [-0.4, -0.2) is 17.5 Å². The second-order valence-electron chi connectivity index (χ2n) is 6.50. The van der Waals surface area contributed by atoms with Gasteiger partial charge in [0, 0.05) is 6.42 Å². The molecule has 0 saturated carbocycles. The van der Waals surface area contributed by atoms with E-state index in [1.54, 1.807) is 0 Å². The smallest absolute Gasteiger partial charge is 0.165 e. The molecular formula is C17H31NO2. The maximum absolute atomic E-state index is 9.60. The summed E-state index contributed by atoms with van der Waals surface area (Å²) in [7, 11) is 0. The fourth-order valence-electron chi connectivity index (χ4n) is 3.05. The van der Waals surface area contributed by atoms with Crippen molar-refractivity contribution in [2.75, 3.05) is 0 Å². The first-order valence-electron chi connectivity index (χ1n) is 8.26. The van der Waals surface area contributed by atoms with Crippen molar-refractivity contribution >= 4 is 0 Å². The van der Waals surface area contributed by atoms with Crippen molar-refractivity contribution in [1.29, 1.82) is 5.26 Å². The quantitative estimate of drug-likeness (QED) is 0.591. The Morgan fingerprint density at radius 1 is 1.10 bits per heavy atom. The molecule has 0 amide bonds. The van der Waals surface area contributed by atoms with Crippen LogP contribution in [0.4, 0.5) is 0 Å². The van der Waals surface area contributed by atoms with Gasteiger partial charge < -0.3 is 9.47 Å². The lowest BCUT2D eigenvalue weighted by Crippen LogP contribution is -2.51. The zero-order chi connectivity index (χ0) is 15.1. The number of hydrogen-bond acceptors (Lipinski definition) is 3. The van der Waals surface area contributed by atoms with Crippen molar-refractivity contribution < 1.29 is 9.47 Å². The zero-order valence-electron chi connectivity index (χ0n) is 13.7. The molecule has 2 atom stereocenters. The van der Waals surface area contributed by atoms with Gasteiger partial charge >= 0.3 is 0 Å². The van der Waals surface area contributed by atoms with Crippen molar-refractivity contribution in [3.05, 3.63) is 0 Å². The van der Waals surface area contributed by atoms with Crippen LogP contribution >= 0.6 is 0 Å². The van der Waals surface area contributed by atoms with Gasteiger partial charge in [0.2, 0.25) is 0 Å². The van der Waals surface area contributed by atoms with Crippen LogP contribution in [0.25, 0.3) is 0 Å². The Balaban J connectivity index is 2.61. The number of unbranched alkanes of at least 4 members (excludes halogenated alkanes) is 4. The molecule has 1 aliphatic heterocycles. The van der Waals surface area contributed by atoms with Crippen molar-refractivity contribution in [1.82, 2.24) is 0 Å². The Morgan fingerprint density at radius 3 is 2.40 bits per heavy atom. The summed E-state index contributed by atoms with van der Waals surface area (Å²) < 4.78 is 12.0. The van der Waals surface area contributed by atoms with Gasteiger partial charge in [0.05, 0.1) is 12.2 Å². The molecule has 0 unspecified atom stereocenters. The summed E-state index contributed by atoms with van der Waals surface area (Å²) in [6.07, 6.45) is 9.84. The van der Waals surface area contributed by atoms with Crippen LogP contribution in [0.1, 0.15) is 85.5 Å². The molecule has 116 valence electrons. The molecule has 0 spiro atoms. The summed E-state index contributed by atoms with van der Waals surface area (Å²) in [5, 5.41) is 9.60. The van der Waals surface area contributed by atoms with Crippen molar-refractivity contribution in [2.45, 2.75) is 103 Å². The molecule has 0 bridgehead atoms. The van der Waals surface area contributed by atoms with E-state index < -0.39 is 11.4 Å². The molecule has 0 aliphatic carbocycles. The van der Waals surface area contributed by atoms with E-state index in [2.05, 4.69) is 19.9 Å². The average Bonchev–Trinajstić information content (AvgIpc) is 2.40. The average molecular weight is 281 g/mol. The second kappa shape index (κ2) is 8.00. The van der Waals surface area contributed by atoms with Gasteiger partial charge in [0.15, 0.2) is 11.4 Å². The first kappa shape index (κ1) is 17.5. The van der Waals surface area contributed by atoms with Gasteiger partial charge in [-0.05, 0) is 33.1 Å². The third kappa shape index (κ3) is 5.42. The lowest BCUT2D eigenvalue weighted by molar-refractivity contribution is -0.321. The minimum absolute atomic E-state index is 0.159. The van der Waals surface area contributed by atoms with Crippen LogP contribution in [0.15, 0.2) is 0 Å². The molecule has 1 heterocycles. The molecule has 0 aromatic rings. The number of nitriles is 1. The van der Waals surface area contributed by atoms with Crippen LogP contribution in [0, 0.1) is 11.3 Å². The van der Waals surface area contributed by atoms with Crippen LogP contribution in [0.3, 0.4) is 0 Å². The van der Waals surface area contributed by atoms with E-state index in [1.807, 2.05) is 13.8 Å². The van der Waals surface area contributed by atoms with Crippen LogP contribution in [0.2, 0.25) is 0 Å². The molecule has 1 saturated heterocycles. The van der Waals surface area contributed by atoms with Crippen molar-refractivity contribution in [2.24, 2.45) is 0 Å². The van der Waals surface area contributed by atoms with Gasteiger partial charge in [0.1, 0.15) is 0 Å². The standard InChI is InChI=1S/C17H31NO2/c1-5-7-9-10-11-15-13-17(14-18,12-8-6-2)20-16(3,4)19-15/h15H,5-13H2,1-4H3/t15-,17+/m0/s1. The molecule has 3 nitrogen and oxygen atoms in total. The lowest BCUT2D eigenvalue weighted by Gasteiger charge is -2.45.